The first-order valence-electron chi connectivity index (χ1n) is 7.37. The Balaban J connectivity index is 1.58. The van der Waals surface area contributed by atoms with Crippen molar-refractivity contribution in [2.24, 2.45) is 5.92 Å². The monoisotopic (exact) mass is 245 g/mol. The van der Waals surface area contributed by atoms with Crippen LogP contribution in [0.3, 0.4) is 0 Å². The molecule has 0 spiro atoms. The summed E-state index contributed by atoms with van der Waals surface area (Å²) in [5, 5.41) is 3.42. The van der Waals surface area contributed by atoms with Crippen LogP contribution in [0.4, 0.5) is 0 Å². The lowest BCUT2D eigenvalue weighted by Gasteiger charge is -2.22. The topological polar surface area (TPSA) is 21.3 Å². The molecule has 2 heteroatoms. The summed E-state index contributed by atoms with van der Waals surface area (Å²) >= 11 is 0. The molecule has 0 aromatic heterocycles. The Morgan fingerprint density at radius 1 is 1.11 bits per heavy atom. The highest BCUT2D eigenvalue weighted by Crippen LogP contribution is 2.26. The van der Waals surface area contributed by atoms with Gasteiger partial charge >= 0.3 is 0 Å². The molecule has 1 aromatic rings. The average molecular weight is 245 g/mol. The summed E-state index contributed by atoms with van der Waals surface area (Å²) in [6, 6.07) is 6.61. The van der Waals surface area contributed by atoms with E-state index >= 15 is 0 Å². The number of hydrogen-bond acceptors (Lipinski definition) is 2. The average Bonchev–Trinajstić information content (AvgIpc) is 2.46. The number of nitrogens with one attached hydrogen (secondary N) is 1. The SMILES string of the molecule is c1cc2c(cc1OCC1CCCCC1)CNCC2. The molecule has 0 amide bonds. The van der Waals surface area contributed by atoms with Gasteiger partial charge in [0, 0.05) is 6.54 Å². The summed E-state index contributed by atoms with van der Waals surface area (Å²) < 4.78 is 5.98. The molecule has 1 heterocycles. The van der Waals surface area contributed by atoms with E-state index in [1.807, 2.05) is 0 Å². The van der Waals surface area contributed by atoms with Crippen molar-refractivity contribution in [2.75, 3.05) is 13.2 Å². The van der Waals surface area contributed by atoms with Gasteiger partial charge in [0.15, 0.2) is 0 Å². The van der Waals surface area contributed by atoms with Crippen molar-refractivity contribution in [3.8, 4) is 5.75 Å². The summed E-state index contributed by atoms with van der Waals surface area (Å²) in [5.74, 6) is 1.84. The van der Waals surface area contributed by atoms with Crippen molar-refractivity contribution in [3.63, 3.8) is 0 Å². The predicted octanol–water partition coefficient (Wildman–Crippen LogP) is 3.29. The van der Waals surface area contributed by atoms with Gasteiger partial charge in [-0.2, -0.15) is 0 Å². The lowest BCUT2D eigenvalue weighted by Crippen LogP contribution is -2.23. The van der Waals surface area contributed by atoms with E-state index in [9.17, 15) is 0 Å². The molecule has 18 heavy (non-hydrogen) atoms. The second-order valence-corrected chi connectivity index (χ2v) is 5.67. The van der Waals surface area contributed by atoms with Crippen molar-refractivity contribution < 1.29 is 4.74 Å². The first-order chi connectivity index (χ1) is 8.92. The second-order valence-electron chi connectivity index (χ2n) is 5.67. The molecule has 0 radical (unpaired) electrons. The molecule has 98 valence electrons. The van der Waals surface area contributed by atoms with Crippen LogP contribution in [0.5, 0.6) is 5.75 Å². The van der Waals surface area contributed by atoms with Gasteiger partial charge in [-0.15, -0.1) is 0 Å². The van der Waals surface area contributed by atoms with E-state index in [2.05, 4.69) is 23.5 Å². The van der Waals surface area contributed by atoms with Gasteiger partial charge in [0.05, 0.1) is 6.61 Å². The highest BCUT2D eigenvalue weighted by atomic mass is 16.5. The molecule has 1 fully saturated rings. The predicted molar refractivity (Wildman–Crippen MR) is 73.9 cm³/mol. The Morgan fingerprint density at radius 2 is 2.00 bits per heavy atom. The lowest BCUT2D eigenvalue weighted by atomic mass is 9.90. The van der Waals surface area contributed by atoms with Crippen LogP contribution >= 0.6 is 0 Å². The van der Waals surface area contributed by atoms with Crippen molar-refractivity contribution >= 4 is 0 Å². The summed E-state index contributed by atoms with van der Waals surface area (Å²) in [7, 11) is 0. The maximum atomic E-state index is 5.98. The van der Waals surface area contributed by atoms with Gasteiger partial charge in [0.2, 0.25) is 0 Å². The number of benzene rings is 1. The fourth-order valence-electron chi connectivity index (χ4n) is 3.11. The van der Waals surface area contributed by atoms with E-state index in [0.717, 1.165) is 37.8 Å². The summed E-state index contributed by atoms with van der Waals surface area (Å²) in [5.41, 5.74) is 2.90. The van der Waals surface area contributed by atoms with Crippen LogP contribution in [0.25, 0.3) is 0 Å². The van der Waals surface area contributed by atoms with Crippen LogP contribution < -0.4 is 10.1 Å². The van der Waals surface area contributed by atoms with Gasteiger partial charge in [0.25, 0.3) is 0 Å². The number of rotatable bonds is 3. The van der Waals surface area contributed by atoms with Gasteiger partial charge in [0.1, 0.15) is 5.75 Å². The van der Waals surface area contributed by atoms with Gasteiger partial charge in [-0.05, 0) is 55.0 Å². The maximum absolute atomic E-state index is 5.98. The third-order valence-electron chi connectivity index (χ3n) is 4.27. The highest BCUT2D eigenvalue weighted by molar-refractivity contribution is 5.37. The second kappa shape index (κ2) is 5.75. The van der Waals surface area contributed by atoms with Crippen LogP contribution in [-0.2, 0) is 13.0 Å². The quantitative estimate of drug-likeness (QED) is 0.882. The minimum atomic E-state index is 0.785. The standard InChI is InChI=1S/C16H23NO/c1-2-4-13(5-3-1)12-18-16-7-6-14-8-9-17-11-15(14)10-16/h6-7,10,13,17H,1-5,8-9,11-12H2. The number of fused-ring (bicyclic) bond motifs is 1. The van der Waals surface area contributed by atoms with Gasteiger partial charge in [-0.25, -0.2) is 0 Å². The normalized spacial score (nSPS) is 20.4. The first-order valence-corrected chi connectivity index (χ1v) is 7.37. The first kappa shape index (κ1) is 12.0. The third kappa shape index (κ3) is 2.86. The van der Waals surface area contributed by atoms with Crippen molar-refractivity contribution in [1.82, 2.24) is 5.32 Å². The van der Waals surface area contributed by atoms with Crippen LogP contribution in [-0.4, -0.2) is 13.2 Å². The fourth-order valence-corrected chi connectivity index (χ4v) is 3.11. The summed E-state index contributed by atoms with van der Waals surface area (Å²) in [4.78, 5) is 0. The molecule has 1 aromatic carbocycles. The minimum absolute atomic E-state index is 0.785. The third-order valence-corrected chi connectivity index (χ3v) is 4.27. The van der Waals surface area contributed by atoms with Crippen LogP contribution in [0.1, 0.15) is 43.2 Å². The minimum Gasteiger partial charge on any atom is -0.493 e. The van der Waals surface area contributed by atoms with Crippen LogP contribution in [0.15, 0.2) is 18.2 Å². The molecule has 0 atom stereocenters. The van der Waals surface area contributed by atoms with Crippen molar-refractivity contribution in [2.45, 2.75) is 45.1 Å². The van der Waals surface area contributed by atoms with Gasteiger partial charge < -0.3 is 10.1 Å². The zero-order valence-electron chi connectivity index (χ0n) is 11.1. The molecule has 1 aliphatic carbocycles. The molecule has 1 aliphatic heterocycles. The van der Waals surface area contributed by atoms with E-state index < -0.39 is 0 Å². The molecule has 0 saturated heterocycles. The van der Waals surface area contributed by atoms with Crippen molar-refractivity contribution in [3.05, 3.63) is 29.3 Å². The molecule has 2 aliphatic rings. The van der Waals surface area contributed by atoms with E-state index in [-0.39, 0.29) is 0 Å². The Morgan fingerprint density at radius 3 is 2.89 bits per heavy atom. The summed E-state index contributed by atoms with van der Waals surface area (Å²) in [6.45, 7) is 3.01. The van der Waals surface area contributed by atoms with E-state index in [4.69, 9.17) is 4.74 Å². The van der Waals surface area contributed by atoms with E-state index in [0.29, 0.717) is 0 Å². The largest absolute Gasteiger partial charge is 0.493 e. The fraction of sp³-hybridized carbons (Fsp3) is 0.625. The zero-order chi connectivity index (χ0) is 12.2. The van der Waals surface area contributed by atoms with E-state index in [1.54, 1.807) is 0 Å². The molecule has 0 unspecified atom stereocenters. The summed E-state index contributed by atoms with van der Waals surface area (Å²) in [6.07, 6.45) is 8.06. The Hall–Kier alpha value is -1.02. The molecule has 1 N–H and O–H groups in total. The smallest absolute Gasteiger partial charge is 0.119 e. The Kier molecular flexibility index (Phi) is 3.84. The van der Waals surface area contributed by atoms with Crippen LogP contribution in [0, 0.1) is 5.92 Å². The van der Waals surface area contributed by atoms with Gasteiger partial charge in [-0.1, -0.05) is 25.3 Å². The maximum Gasteiger partial charge on any atom is 0.119 e. The number of ether oxygens (including phenoxy) is 1. The molecule has 0 bridgehead atoms. The van der Waals surface area contributed by atoms with Crippen molar-refractivity contribution in [1.29, 1.82) is 0 Å². The molecule has 1 saturated carbocycles. The molecule has 2 nitrogen and oxygen atoms in total. The zero-order valence-corrected chi connectivity index (χ0v) is 11.1. The number of hydrogen-bond donors (Lipinski definition) is 1. The Labute approximate surface area is 110 Å². The molecule has 3 rings (SSSR count). The lowest BCUT2D eigenvalue weighted by molar-refractivity contribution is 0.208. The van der Waals surface area contributed by atoms with Gasteiger partial charge in [-0.3, -0.25) is 0 Å². The Bertz CT molecular complexity index is 396. The van der Waals surface area contributed by atoms with Crippen LogP contribution in [0.2, 0.25) is 0 Å². The highest BCUT2D eigenvalue weighted by Gasteiger charge is 2.14. The molecular formula is C16H23NO. The van der Waals surface area contributed by atoms with E-state index in [1.165, 1.54) is 43.2 Å². The molecular weight excluding hydrogens is 222 g/mol.